The SMILES string of the molecule is N#Cc1cc2c(cc1C#N)-c1ccccc1C2. The van der Waals surface area contributed by atoms with Crippen LogP contribution in [0.15, 0.2) is 36.4 Å². The minimum Gasteiger partial charge on any atom is -0.192 e. The van der Waals surface area contributed by atoms with Gasteiger partial charge in [0.1, 0.15) is 12.1 Å². The van der Waals surface area contributed by atoms with Crippen LogP contribution in [0, 0.1) is 22.7 Å². The van der Waals surface area contributed by atoms with Crippen LogP contribution in [0.25, 0.3) is 11.1 Å². The van der Waals surface area contributed by atoms with Crippen molar-refractivity contribution in [3.05, 3.63) is 58.7 Å². The number of nitrogens with zero attached hydrogens (tertiary/aromatic N) is 2. The second kappa shape index (κ2) is 3.47. The first kappa shape index (κ1) is 9.63. The predicted octanol–water partition coefficient (Wildman–Crippen LogP) is 3.00. The van der Waals surface area contributed by atoms with E-state index in [4.69, 9.17) is 10.5 Å². The molecule has 1 aliphatic rings. The predicted molar refractivity (Wildman–Crippen MR) is 64.1 cm³/mol. The van der Waals surface area contributed by atoms with E-state index in [2.05, 4.69) is 24.3 Å². The third-order valence-corrected chi connectivity index (χ3v) is 3.17. The van der Waals surface area contributed by atoms with Crippen LogP contribution in [0.1, 0.15) is 22.3 Å². The highest BCUT2D eigenvalue weighted by Crippen LogP contribution is 2.37. The van der Waals surface area contributed by atoms with Gasteiger partial charge in [0.2, 0.25) is 0 Å². The lowest BCUT2D eigenvalue weighted by Gasteiger charge is -2.02. The fourth-order valence-corrected chi connectivity index (χ4v) is 2.37. The lowest BCUT2D eigenvalue weighted by Crippen LogP contribution is -1.88. The summed E-state index contributed by atoms with van der Waals surface area (Å²) in [5.74, 6) is 0. The molecule has 0 bridgehead atoms. The summed E-state index contributed by atoms with van der Waals surface area (Å²) in [5, 5.41) is 18.0. The van der Waals surface area contributed by atoms with Crippen LogP contribution in [0.5, 0.6) is 0 Å². The van der Waals surface area contributed by atoms with Crippen LogP contribution in [0.2, 0.25) is 0 Å². The summed E-state index contributed by atoms with van der Waals surface area (Å²) in [5.41, 5.74) is 5.62. The van der Waals surface area contributed by atoms with Crippen molar-refractivity contribution in [2.24, 2.45) is 0 Å². The summed E-state index contributed by atoms with van der Waals surface area (Å²) in [6.07, 6.45) is 0.853. The molecule has 2 nitrogen and oxygen atoms in total. The monoisotopic (exact) mass is 216 g/mol. The summed E-state index contributed by atoms with van der Waals surface area (Å²) in [6.45, 7) is 0. The third-order valence-electron chi connectivity index (χ3n) is 3.17. The molecular formula is C15H8N2. The van der Waals surface area contributed by atoms with E-state index in [-0.39, 0.29) is 0 Å². The van der Waals surface area contributed by atoms with Crippen LogP contribution in [0.4, 0.5) is 0 Å². The van der Waals surface area contributed by atoms with E-state index in [9.17, 15) is 0 Å². The van der Waals surface area contributed by atoms with Crippen molar-refractivity contribution in [1.29, 1.82) is 10.5 Å². The summed E-state index contributed by atoms with van der Waals surface area (Å²) in [6, 6.07) is 16.0. The molecule has 2 aromatic carbocycles. The van der Waals surface area contributed by atoms with Gasteiger partial charge in [-0.05, 0) is 40.8 Å². The zero-order chi connectivity index (χ0) is 11.8. The molecule has 0 saturated carbocycles. The van der Waals surface area contributed by atoms with Gasteiger partial charge >= 0.3 is 0 Å². The number of rotatable bonds is 0. The van der Waals surface area contributed by atoms with Gasteiger partial charge in [0.15, 0.2) is 0 Å². The van der Waals surface area contributed by atoms with E-state index < -0.39 is 0 Å². The van der Waals surface area contributed by atoms with Crippen molar-refractivity contribution < 1.29 is 0 Å². The van der Waals surface area contributed by atoms with Gasteiger partial charge in [0.25, 0.3) is 0 Å². The number of nitriles is 2. The summed E-state index contributed by atoms with van der Waals surface area (Å²) >= 11 is 0. The molecule has 78 valence electrons. The first-order valence-electron chi connectivity index (χ1n) is 5.39. The van der Waals surface area contributed by atoms with Crippen molar-refractivity contribution >= 4 is 0 Å². The Morgan fingerprint density at radius 2 is 1.53 bits per heavy atom. The Morgan fingerprint density at radius 1 is 0.824 bits per heavy atom. The van der Waals surface area contributed by atoms with Crippen molar-refractivity contribution in [3.8, 4) is 23.3 Å². The van der Waals surface area contributed by atoms with Crippen LogP contribution >= 0.6 is 0 Å². The van der Waals surface area contributed by atoms with Gasteiger partial charge in [-0.25, -0.2) is 0 Å². The van der Waals surface area contributed by atoms with E-state index in [1.807, 2.05) is 24.3 Å². The molecule has 3 rings (SSSR count). The quantitative estimate of drug-likeness (QED) is 0.580. The first-order chi connectivity index (χ1) is 8.33. The van der Waals surface area contributed by atoms with Gasteiger partial charge in [-0.3, -0.25) is 0 Å². The lowest BCUT2D eigenvalue weighted by atomic mass is 9.99. The summed E-state index contributed by atoms with van der Waals surface area (Å²) < 4.78 is 0. The normalized spacial score (nSPS) is 11.2. The molecule has 0 radical (unpaired) electrons. The molecule has 0 atom stereocenters. The highest BCUT2D eigenvalue weighted by molar-refractivity contribution is 5.79. The Bertz CT molecular complexity index is 700. The van der Waals surface area contributed by atoms with Crippen LogP contribution in [-0.2, 0) is 6.42 Å². The Kier molecular flexibility index (Phi) is 1.97. The maximum Gasteiger partial charge on any atom is 0.101 e. The maximum absolute atomic E-state index is 9.03. The molecule has 1 aliphatic carbocycles. The standard InChI is InChI=1S/C15H8N2/c16-8-12-6-11-5-10-3-1-2-4-14(10)15(11)7-13(12)9-17/h1-4,6-7H,5H2. The fraction of sp³-hybridized carbons (Fsp3) is 0.0667. The molecule has 0 heterocycles. The molecule has 0 aliphatic heterocycles. The Balaban J connectivity index is 2.29. The molecule has 0 fully saturated rings. The van der Waals surface area contributed by atoms with Crippen molar-refractivity contribution in [2.75, 3.05) is 0 Å². The second-order valence-corrected chi connectivity index (χ2v) is 4.11. The van der Waals surface area contributed by atoms with Gasteiger partial charge in [-0.1, -0.05) is 24.3 Å². The minimum absolute atomic E-state index is 0.461. The lowest BCUT2D eigenvalue weighted by molar-refractivity contribution is 1.25. The summed E-state index contributed by atoms with van der Waals surface area (Å²) in [7, 11) is 0. The highest BCUT2D eigenvalue weighted by atomic mass is 14.3. The average Bonchev–Trinajstić information content (AvgIpc) is 2.74. The number of benzene rings is 2. The van der Waals surface area contributed by atoms with Crippen molar-refractivity contribution in [2.45, 2.75) is 6.42 Å². The summed E-state index contributed by atoms with van der Waals surface area (Å²) in [4.78, 5) is 0. The molecule has 0 spiro atoms. The largest absolute Gasteiger partial charge is 0.192 e. The van der Waals surface area contributed by atoms with Crippen LogP contribution in [-0.4, -0.2) is 0 Å². The van der Waals surface area contributed by atoms with Gasteiger partial charge in [-0.2, -0.15) is 10.5 Å². The molecule has 2 heteroatoms. The Hall–Kier alpha value is -2.58. The number of hydrogen-bond donors (Lipinski definition) is 0. The highest BCUT2D eigenvalue weighted by Gasteiger charge is 2.19. The molecule has 0 saturated heterocycles. The molecule has 0 N–H and O–H groups in total. The first-order valence-corrected chi connectivity index (χ1v) is 5.39. The number of hydrogen-bond acceptors (Lipinski definition) is 2. The van der Waals surface area contributed by atoms with Gasteiger partial charge in [0, 0.05) is 0 Å². The Morgan fingerprint density at radius 3 is 2.29 bits per heavy atom. The van der Waals surface area contributed by atoms with E-state index in [1.165, 1.54) is 11.1 Å². The molecular weight excluding hydrogens is 208 g/mol. The van der Waals surface area contributed by atoms with E-state index >= 15 is 0 Å². The average molecular weight is 216 g/mol. The zero-order valence-corrected chi connectivity index (χ0v) is 9.07. The molecule has 0 unspecified atom stereocenters. The van der Waals surface area contributed by atoms with E-state index in [0.29, 0.717) is 11.1 Å². The van der Waals surface area contributed by atoms with Gasteiger partial charge in [0.05, 0.1) is 11.1 Å². The van der Waals surface area contributed by atoms with Crippen LogP contribution < -0.4 is 0 Å². The molecule has 17 heavy (non-hydrogen) atoms. The fourth-order valence-electron chi connectivity index (χ4n) is 2.37. The second-order valence-electron chi connectivity index (χ2n) is 4.11. The van der Waals surface area contributed by atoms with Crippen LogP contribution in [0.3, 0.4) is 0 Å². The topological polar surface area (TPSA) is 47.6 Å². The maximum atomic E-state index is 9.03. The zero-order valence-electron chi connectivity index (χ0n) is 9.07. The van der Waals surface area contributed by atoms with Gasteiger partial charge < -0.3 is 0 Å². The van der Waals surface area contributed by atoms with Crippen molar-refractivity contribution in [3.63, 3.8) is 0 Å². The molecule has 0 amide bonds. The van der Waals surface area contributed by atoms with E-state index in [1.54, 1.807) is 0 Å². The minimum atomic E-state index is 0.461. The smallest absolute Gasteiger partial charge is 0.101 e. The Labute approximate surface area is 99.4 Å². The molecule has 0 aromatic heterocycles. The van der Waals surface area contributed by atoms with Gasteiger partial charge in [-0.15, -0.1) is 0 Å². The van der Waals surface area contributed by atoms with Crippen molar-refractivity contribution in [1.82, 2.24) is 0 Å². The number of fused-ring (bicyclic) bond motifs is 3. The molecule has 2 aromatic rings. The third kappa shape index (κ3) is 1.32. The van der Waals surface area contributed by atoms with E-state index in [0.717, 1.165) is 17.5 Å².